The van der Waals surface area contributed by atoms with Gasteiger partial charge in [0.15, 0.2) is 0 Å². The molecule has 5 nitrogen and oxygen atoms in total. The van der Waals surface area contributed by atoms with E-state index in [9.17, 15) is 9.18 Å². The summed E-state index contributed by atoms with van der Waals surface area (Å²) in [6.45, 7) is 4.75. The molecule has 4 rings (SSSR count). The van der Waals surface area contributed by atoms with Crippen LogP contribution in [0.25, 0.3) is 22.9 Å². The lowest BCUT2D eigenvalue weighted by Gasteiger charge is -2.21. The fourth-order valence-corrected chi connectivity index (χ4v) is 3.38. The number of halogens is 1. The number of hydrogen-bond donors (Lipinski definition) is 0. The molecule has 156 valence electrons. The van der Waals surface area contributed by atoms with Crippen LogP contribution in [0.1, 0.15) is 28.4 Å². The van der Waals surface area contributed by atoms with Crippen molar-refractivity contribution in [3.8, 4) is 22.9 Å². The highest BCUT2D eigenvalue weighted by molar-refractivity contribution is 5.94. The van der Waals surface area contributed by atoms with Crippen molar-refractivity contribution in [1.29, 1.82) is 0 Å². The van der Waals surface area contributed by atoms with Gasteiger partial charge in [-0.3, -0.25) is 4.79 Å². The summed E-state index contributed by atoms with van der Waals surface area (Å²) in [7, 11) is 0. The second kappa shape index (κ2) is 8.92. The zero-order valence-electron chi connectivity index (χ0n) is 17.4. The van der Waals surface area contributed by atoms with Crippen molar-refractivity contribution in [2.24, 2.45) is 0 Å². The second-order valence-electron chi connectivity index (χ2n) is 7.25. The number of carbonyl (C=O) groups is 1. The van der Waals surface area contributed by atoms with Gasteiger partial charge in [-0.15, -0.1) is 10.2 Å². The maximum Gasteiger partial charge on any atom is 0.254 e. The minimum atomic E-state index is -0.310. The van der Waals surface area contributed by atoms with Crippen molar-refractivity contribution in [3.05, 3.63) is 95.3 Å². The molecular formula is C25H22FN3O2. The molecule has 0 aliphatic carbocycles. The molecule has 0 radical (unpaired) electrons. The van der Waals surface area contributed by atoms with E-state index < -0.39 is 0 Å². The van der Waals surface area contributed by atoms with Crippen LogP contribution in [0, 0.1) is 12.7 Å². The molecular weight excluding hydrogens is 393 g/mol. The first kappa shape index (κ1) is 20.5. The van der Waals surface area contributed by atoms with Crippen LogP contribution in [-0.4, -0.2) is 27.5 Å². The summed E-state index contributed by atoms with van der Waals surface area (Å²) in [5.74, 6) is 0.421. The number of aromatic nitrogens is 2. The highest BCUT2D eigenvalue weighted by atomic mass is 19.1. The van der Waals surface area contributed by atoms with Crippen LogP contribution in [0.5, 0.6) is 0 Å². The summed E-state index contributed by atoms with van der Waals surface area (Å²) in [5.41, 5.74) is 3.97. The van der Waals surface area contributed by atoms with E-state index in [1.54, 1.807) is 35.2 Å². The molecule has 0 aliphatic rings. The van der Waals surface area contributed by atoms with Gasteiger partial charge in [0.05, 0.1) is 0 Å². The first-order valence-electron chi connectivity index (χ1n) is 10.1. The lowest BCUT2D eigenvalue weighted by Crippen LogP contribution is -2.30. The summed E-state index contributed by atoms with van der Waals surface area (Å²) < 4.78 is 19.3. The van der Waals surface area contributed by atoms with Crippen LogP contribution >= 0.6 is 0 Å². The van der Waals surface area contributed by atoms with Gasteiger partial charge in [-0.05, 0) is 67.4 Å². The Bertz CT molecular complexity index is 1200. The minimum absolute atomic E-state index is 0.121. The number of carbonyl (C=O) groups excluding carboxylic acids is 1. The van der Waals surface area contributed by atoms with Crippen molar-refractivity contribution >= 4 is 5.91 Å². The van der Waals surface area contributed by atoms with Crippen molar-refractivity contribution in [2.75, 3.05) is 6.54 Å². The van der Waals surface area contributed by atoms with Gasteiger partial charge >= 0.3 is 0 Å². The van der Waals surface area contributed by atoms with Gasteiger partial charge in [-0.25, -0.2) is 4.39 Å². The van der Waals surface area contributed by atoms with Crippen LogP contribution in [0.3, 0.4) is 0 Å². The molecule has 4 aromatic rings. The molecule has 0 N–H and O–H groups in total. The lowest BCUT2D eigenvalue weighted by molar-refractivity contribution is 0.0752. The van der Waals surface area contributed by atoms with Crippen molar-refractivity contribution in [1.82, 2.24) is 15.1 Å². The topological polar surface area (TPSA) is 59.2 Å². The zero-order chi connectivity index (χ0) is 21.8. The van der Waals surface area contributed by atoms with Crippen molar-refractivity contribution in [3.63, 3.8) is 0 Å². The fraction of sp³-hybridized carbons (Fsp3) is 0.160. The smallest absolute Gasteiger partial charge is 0.254 e. The largest absolute Gasteiger partial charge is 0.416 e. The predicted octanol–water partition coefficient (Wildman–Crippen LogP) is 5.51. The SMILES string of the molecule is CCN(Cc1cccc(F)c1)C(=O)c1ccc(-c2nnc(-c3ccccc3C)o2)cc1. The summed E-state index contributed by atoms with van der Waals surface area (Å²) >= 11 is 0. The Labute approximate surface area is 180 Å². The molecule has 1 aromatic heterocycles. The normalized spacial score (nSPS) is 10.8. The Hall–Kier alpha value is -3.80. The predicted molar refractivity (Wildman–Crippen MR) is 117 cm³/mol. The first-order chi connectivity index (χ1) is 15.0. The maximum atomic E-state index is 13.5. The molecule has 0 unspecified atom stereocenters. The molecule has 1 heterocycles. The summed E-state index contributed by atoms with van der Waals surface area (Å²) in [4.78, 5) is 14.6. The third kappa shape index (κ3) is 4.53. The van der Waals surface area contributed by atoms with E-state index >= 15 is 0 Å². The van der Waals surface area contributed by atoms with Gasteiger partial charge in [-0.2, -0.15) is 0 Å². The van der Waals surface area contributed by atoms with E-state index in [-0.39, 0.29) is 11.7 Å². The maximum absolute atomic E-state index is 13.5. The highest BCUT2D eigenvalue weighted by Gasteiger charge is 2.16. The van der Waals surface area contributed by atoms with Gasteiger partial charge in [0, 0.05) is 29.8 Å². The molecule has 0 atom stereocenters. The first-order valence-corrected chi connectivity index (χ1v) is 10.1. The van der Waals surface area contributed by atoms with Gasteiger partial charge in [-0.1, -0.05) is 30.3 Å². The van der Waals surface area contributed by atoms with Crippen molar-refractivity contribution < 1.29 is 13.6 Å². The molecule has 0 saturated heterocycles. The second-order valence-corrected chi connectivity index (χ2v) is 7.25. The lowest BCUT2D eigenvalue weighted by atomic mass is 10.1. The molecule has 3 aromatic carbocycles. The van der Waals surface area contributed by atoms with Gasteiger partial charge in [0.2, 0.25) is 11.8 Å². The Kier molecular flexibility index (Phi) is 5.89. The van der Waals surface area contributed by atoms with Crippen LogP contribution in [0.15, 0.2) is 77.2 Å². The number of rotatable bonds is 6. The van der Waals surface area contributed by atoms with Gasteiger partial charge in [0.1, 0.15) is 5.82 Å². The average molecular weight is 415 g/mol. The van der Waals surface area contributed by atoms with E-state index in [2.05, 4.69) is 10.2 Å². The van der Waals surface area contributed by atoms with E-state index in [0.717, 1.165) is 22.3 Å². The van der Waals surface area contributed by atoms with Crippen LogP contribution in [0.2, 0.25) is 0 Å². The summed E-state index contributed by atoms with van der Waals surface area (Å²) in [5, 5.41) is 8.30. The fourth-order valence-electron chi connectivity index (χ4n) is 3.38. The van der Waals surface area contributed by atoms with E-state index in [4.69, 9.17) is 4.42 Å². The van der Waals surface area contributed by atoms with E-state index in [1.807, 2.05) is 44.2 Å². The van der Waals surface area contributed by atoms with Crippen LogP contribution < -0.4 is 0 Å². The minimum Gasteiger partial charge on any atom is -0.416 e. The standard InChI is InChI=1S/C25H22FN3O2/c1-3-29(16-18-8-6-9-21(26)15-18)25(30)20-13-11-19(12-14-20)23-27-28-24(31-23)22-10-5-4-7-17(22)2/h4-15H,3,16H2,1-2H3. The Morgan fingerprint density at radius 1 is 0.968 bits per heavy atom. The van der Waals surface area contributed by atoms with E-state index in [1.165, 1.54) is 12.1 Å². The zero-order valence-corrected chi connectivity index (χ0v) is 17.4. The molecule has 0 aliphatic heterocycles. The number of aryl methyl sites for hydroxylation is 1. The molecule has 6 heteroatoms. The molecule has 1 amide bonds. The third-order valence-electron chi connectivity index (χ3n) is 5.11. The molecule has 31 heavy (non-hydrogen) atoms. The van der Waals surface area contributed by atoms with E-state index in [0.29, 0.717) is 30.4 Å². The monoisotopic (exact) mass is 415 g/mol. The Morgan fingerprint density at radius 2 is 1.71 bits per heavy atom. The highest BCUT2D eigenvalue weighted by Crippen LogP contribution is 2.26. The number of benzene rings is 3. The number of hydrogen-bond acceptors (Lipinski definition) is 4. The summed E-state index contributed by atoms with van der Waals surface area (Å²) in [6, 6.07) is 21.2. The number of amides is 1. The average Bonchev–Trinajstić information content (AvgIpc) is 3.27. The summed E-state index contributed by atoms with van der Waals surface area (Å²) in [6.07, 6.45) is 0. The molecule has 0 fully saturated rings. The van der Waals surface area contributed by atoms with Crippen LogP contribution in [0.4, 0.5) is 4.39 Å². The van der Waals surface area contributed by atoms with Crippen molar-refractivity contribution in [2.45, 2.75) is 20.4 Å². The number of nitrogens with zero attached hydrogens (tertiary/aromatic N) is 3. The Balaban J connectivity index is 1.51. The molecule has 0 bridgehead atoms. The molecule has 0 spiro atoms. The quantitative estimate of drug-likeness (QED) is 0.416. The van der Waals surface area contributed by atoms with Gasteiger partial charge < -0.3 is 9.32 Å². The van der Waals surface area contributed by atoms with Crippen LogP contribution in [-0.2, 0) is 6.54 Å². The van der Waals surface area contributed by atoms with Gasteiger partial charge in [0.25, 0.3) is 5.91 Å². The third-order valence-corrected chi connectivity index (χ3v) is 5.11. The molecule has 0 saturated carbocycles. The Morgan fingerprint density at radius 3 is 2.42 bits per heavy atom.